The summed E-state index contributed by atoms with van der Waals surface area (Å²) < 4.78 is 6.06. The number of hydrogen-bond acceptors (Lipinski definition) is 5. The number of ether oxygens (including phenoxy) is 1. The molecule has 152 valence electrons. The quantitative estimate of drug-likeness (QED) is 0.539. The van der Waals surface area contributed by atoms with E-state index in [1.54, 1.807) is 18.3 Å². The van der Waals surface area contributed by atoms with E-state index in [0.29, 0.717) is 17.9 Å². The third kappa shape index (κ3) is 6.18. The van der Waals surface area contributed by atoms with E-state index in [1.165, 1.54) is 0 Å². The lowest BCUT2D eigenvalue weighted by atomic mass is 9.86. The molecule has 0 spiro atoms. The summed E-state index contributed by atoms with van der Waals surface area (Å²) in [5.74, 6) is 0.116. The molecule has 0 saturated heterocycles. The molecule has 1 aromatic heterocycles. The second-order valence-electron chi connectivity index (χ2n) is 7.99. The van der Waals surface area contributed by atoms with Crippen molar-refractivity contribution in [1.29, 1.82) is 0 Å². The first-order chi connectivity index (χ1) is 12.8. The Hall–Kier alpha value is -1.66. The molecule has 0 unspecified atom stereocenters. The van der Waals surface area contributed by atoms with Gasteiger partial charge in [-0.1, -0.05) is 33.1 Å². The summed E-state index contributed by atoms with van der Waals surface area (Å²) in [6, 6.07) is 2.67. The predicted molar refractivity (Wildman–Crippen MR) is 105 cm³/mol. The molecule has 4 N–H and O–H groups in total. The second-order valence-corrected chi connectivity index (χ2v) is 7.99. The maximum Gasteiger partial charge on any atom is 0.337 e. The molecule has 6 nitrogen and oxygen atoms in total. The number of unbranched alkanes of at least 4 members (excludes halogenated alkanes) is 2. The molecule has 0 radical (unpaired) electrons. The van der Waals surface area contributed by atoms with Crippen LogP contribution in [-0.2, 0) is 11.2 Å². The van der Waals surface area contributed by atoms with Gasteiger partial charge in [0.05, 0.1) is 6.10 Å². The van der Waals surface area contributed by atoms with E-state index in [2.05, 4.69) is 18.8 Å². The summed E-state index contributed by atoms with van der Waals surface area (Å²) in [6.07, 6.45) is 9.27. The molecule has 0 aliphatic heterocycles. The average Bonchev–Trinajstić information content (AvgIpc) is 2.64. The first-order valence-electron chi connectivity index (χ1n) is 10.2. The van der Waals surface area contributed by atoms with Gasteiger partial charge in [0, 0.05) is 30.4 Å². The van der Waals surface area contributed by atoms with Gasteiger partial charge in [-0.2, -0.15) is 0 Å². The Bertz CT molecular complexity index is 602. The number of carboxylic acid groups (broad SMARTS) is 1. The third-order valence-corrected chi connectivity index (χ3v) is 5.61. The molecular formula is C21H34N2O4. The Morgan fingerprint density at radius 3 is 2.70 bits per heavy atom. The van der Waals surface area contributed by atoms with Gasteiger partial charge in [0.25, 0.3) is 0 Å². The van der Waals surface area contributed by atoms with Crippen molar-refractivity contribution in [3.63, 3.8) is 0 Å². The standard InChI is InChI=1S/C21H34N2O4/c1-3-4-5-6-19(22)21(26,20(24)25)14-16-13-18(11-12-23-16)27-17-9-7-15(2)8-10-17/h11-13,15,17,19,26H,3-10,14,22H2,1-2H3,(H,24,25)/t15-,17-,19-,21+/m0/s1. The summed E-state index contributed by atoms with van der Waals surface area (Å²) in [6.45, 7) is 4.33. The van der Waals surface area contributed by atoms with Crippen LogP contribution in [0.15, 0.2) is 18.3 Å². The highest BCUT2D eigenvalue weighted by Crippen LogP contribution is 2.28. The molecule has 1 aliphatic carbocycles. The summed E-state index contributed by atoms with van der Waals surface area (Å²) in [4.78, 5) is 16.0. The van der Waals surface area contributed by atoms with Crippen LogP contribution in [0.3, 0.4) is 0 Å². The first-order valence-corrected chi connectivity index (χ1v) is 10.2. The van der Waals surface area contributed by atoms with Gasteiger partial charge < -0.3 is 20.7 Å². The van der Waals surface area contributed by atoms with Crippen LogP contribution >= 0.6 is 0 Å². The third-order valence-electron chi connectivity index (χ3n) is 5.61. The van der Waals surface area contributed by atoms with Crippen molar-refractivity contribution in [2.45, 2.75) is 89.4 Å². The minimum absolute atomic E-state index is 0.130. The number of pyridine rings is 1. The van der Waals surface area contributed by atoms with Crippen LogP contribution in [-0.4, -0.2) is 38.9 Å². The smallest absolute Gasteiger partial charge is 0.337 e. The Kier molecular flexibility index (Phi) is 8.05. The largest absolute Gasteiger partial charge is 0.490 e. The number of nitrogens with zero attached hydrogens (tertiary/aromatic N) is 1. The van der Waals surface area contributed by atoms with E-state index < -0.39 is 17.6 Å². The van der Waals surface area contributed by atoms with Crippen LogP contribution < -0.4 is 10.5 Å². The molecule has 0 aromatic carbocycles. The van der Waals surface area contributed by atoms with Gasteiger partial charge in [-0.15, -0.1) is 0 Å². The van der Waals surface area contributed by atoms with Gasteiger partial charge in [-0.25, -0.2) is 4.79 Å². The average molecular weight is 379 g/mol. The molecule has 2 atom stereocenters. The Labute approximate surface area is 162 Å². The number of aliphatic hydroxyl groups is 1. The van der Waals surface area contributed by atoms with Crippen LogP contribution in [0.2, 0.25) is 0 Å². The lowest BCUT2D eigenvalue weighted by Gasteiger charge is -2.30. The zero-order valence-corrected chi connectivity index (χ0v) is 16.6. The zero-order chi connectivity index (χ0) is 19.9. The molecule has 1 aromatic rings. The number of hydrogen-bond donors (Lipinski definition) is 3. The monoisotopic (exact) mass is 378 g/mol. The fraction of sp³-hybridized carbons (Fsp3) is 0.714. The van der Waals surface area contributed by atoms with Crippen molar-refractivity contribution in [3.05, 3.63) is 24.0 Å². The number of rotatable bonds is 10. The number of carboxylic acids is 1. The van der Waals surface area contributed by atoms with E-state index in [1.807, 2.05) is 0 Å². The Morgan fingerprint density at radius 2 is 2.07 bits per heavy atom. The Morgan fingerprint density at radius 1 is 1.37 bits per heavy atom. The Balaban J connectivity index is 2.04. The van der Waals surface area contributed by atoms with E-state index in [9.17, 15) is 15.0 Å². The number of carbonyl (C=O) groups is 1. The van der Waals surface area contributed by atoms with Crippen molar-refractivity contribution in [2.75, 3.05) is 0 Å². The van der Waals surface area contributed by atoms with E-state index in [0.717, 1.165) is 50.9 Å². The predicted octanol–water partition coefficient (Wildman–Crippen LogP) is 3.30. The van der Waals surface area contributed by atoms with E-state index in [4.69, 9.17) is 10.5 Å². The minimum Gasteiger partial charge on any atom is -0.490 e. The fourth-order valence-corrected chi connectivity index (χ4v) is 3.66. The highest BCUT2D eigenvalue weighted by atomic mass is 16.5. The molecule has 2 rings (SSSR count). The zero-order valence-electron chi connectivity index (χ0n) is 16.6. The molecule has 6 heteroatoms. The molecule has 1 aliphatic rings. The van der Waals surface area contributed by atoms with E-state index in [-0.39, 0.29) is 12.5 Å². The molecule has 1 heterocycles. The van der Waals surface area contributed by atoms with E-state index >= 15 is 0 Å². The maximum atomic E-state index is 11.7. The summed E-state index contributed by atoms with van der Waals surface area (Å²) in [5, 5.41) is 20.3. The molecule has 0 bridgehead atoms. The fourth-order valence-electron chi connectivity index (χ4n) is 3.66. The van der Waals surface area contributed by atoms with Crippen LogP contribution in [0.1, 0.15) is 70.9 Å². The van der Waals surface area contributed by atoms with Gasteiger partial charge in [0.15, 0.2) is 5.60 Å². The lowest BCUT2D eigenvalue weighted by molar-refractivity contribution is -0.161. The van der Waals surface area contributed by atoms with Gasteiger partial charge in [0.1, 0.15) is 5.75 Å². The first kappa shape index (κ1) is 21.6. The van der Waals surface area contributed by atoms with Gasteiger partial charge in [0.2, 0.25) is 0 Å². The highest BCUT2D eigenvalue weighted by Gasteiger charge is 2.42. The molecular weight excluding hydrogens is 344 g/mol. The number of aliphatic carboxylic acids is 1. The lowest BCUT2D eigenvalue weighted by Crippen LogP contribution is -2.55. The van der Waals surface area contributed by atoms with Crippen molar-refractivity contribution in [3.8, 4) is 5.75 Å². The van der Waals surface area contributed by atoms with Crippen molar-refractivity contribution >= 4 is 5.97 Å². The van der Waals surface area contributed by atoms with Crippen LogP contribution in [0.5, 0.6) is 5.75 Å². The van der Waals surface area contributed by atoms with Crippen LogP contribution in [0, 0.1) is 5.92 Å². The van der Waals surface area contributed by atoms with Gasteiger partial charge >= 0.3 is 5.97 Å². The molecule has 0 amide bonds. The van der Waals surface area contributed by atoms with Crippen molar-refractivity contribution < 1.29 is 19.7 Å². The summed E-state index contributed by atoms with van der Waals surface area (Å²) in [7, 11) is 0. The summed E-state index contributed by atoms with van der Waals surface area (Å²) in [5.41, 5.74) is 4.50. The SMILES string of the molecule is CCCCC[C@H](N)[C@](O)(Cc1cc(O[C@H]2CC[C@H](C)CC2)ccn1)C(=O)O. The minimum atomic E-state index is -2.03. The van der Waals surface area contributed by atoms with Crippen LogP contribution in [0.4, 0.5) is 0 Å². The maximum absolute atomic E-state index is 11.7. The van der Waals surface area contributed by atoms with Crippen LogP contribution in [0.25, 0.3) is 0 Å². The normalized spacial score (nSPS) is 23.4. The van der Waals surface area contributed by atoms with Crippen molar-refractivity contribution in [1.82, 2.24) is 4.98 Å². The topological polar surface area (TPSA) is 106 Å². The molecule has 1 fully saturated rings. The highest BCUT2D eigenvalue weighted by molar-refractivity contribution is 5.78. The van der Waals surface area contributed by atoms with Crippen molar-refractivity contribution in [2.24, 2.45) is 11.7 Å². The summed E-state index contributed by atoms with van der Waals surface area (Å²) >= 11 is 0. The molecule has 27 heavy (non-hydrogen) atoms. The second kappa shape index (κ2) is 10.0. The number of aromatic nitrogens is 1. The van der Waals surface area contributed by atoms with Gasteiger partial charge in [-0.3, -0.25) is 4.98 Å². The van der Waals surface area contributed by atoms with Gasteiger partial charge in [-0.05, 0) is 44.1 Å². The molecule has 1 saturated carbocycles. The number of nitrogens with two attached hydrogens (primary N) is 1.